The van der Waals surface area contributed by atoms with Gasteiger partial charge in [-0.2, -0.15) is 0 Å². The Morgan fingerprint density at radius 1 is 1.44 bits per heavy atom. The number of rotatable bonds is 3. The van der Waals surface area contributed by atoms with Crippen molar-refractivity contribution in [2.24, 2.45) is 0 Å². The standard InChI is InChI=1S/C14H22BrN3/c1-11-6-4-3-5-7-18(11)14-12(9-16-2)8-13(15)10-17-14/h8,10-11,16H,3-7,9H2,1-2H3. The van der Waals surface area contributed by atoms with Crippen LogP contribution in [0.25, 0.3) is 0 Å². The van der Waals surface area contributed by atoms with Gasteiger partial charge < -0.3 is 10.2 Å². The van der Waals surface area contributed by atoms with Crippen molar-refractivity contribution in [2.75, 3.05) is 18.5 Å². The number of nitrogens with zero attached hydrogens (tertiary/aromatic N) is 2. The van der Waals surface area contributed by atoms with E-state index >= 15 is 0 Å². The molecule has 0 aliphatic carbocycles. The molecule has 1 fully saturated rings. The van der Waals surface area contributed by atoms with Crippen molar-refractivity contribution in [3.63, 3.8) is 0 Å². The van der Waals surface area contributed by atoms with Gasteiger partial charge in [0.2, 0.25) is 0 Å². The summed E-state index contributed by atoms with van der Waals surface area (Å²) in [6, 6.07) is 2.77. The third kappa shape index (κ3) is 3.23. The molecule has 1 aromatic rings. The average Bonchev–Trinajstić information content (AvgIpc) is 2.55. The minimum absolute atomic E-state index is 0.594. The molecular weight excluding hydrogens is 290 g/mol. The van der Waals surface area contributed by atoms with Gasteiger partial charge in [-0.25, -0.2) is 4.98 Å². The third-order valence-electron chi connectivity index (χ3n) is 3.60. The van der Waals surface area contributed by atoms with Crippen LogP contribution in [0.3, 0.4) is 0 Å². The van der Waals surface area contributed by atoms with Crippen LogP contribution in [0.4, 0.5) is 5.82 Å². The van der Waals surface area contributed by atoms with Gasteiger partial charge in [0.25, 0.3) is 0 Å². The Labute approximate surface area is 118 Å². The van der Waals surface area contributed by atoms with Gasteiger partial charge in [0.05, 0.1) is 0 Å². The molecule has 1 unspecified atom stereocenters. The fourth-order valence-corrected chi connectivity index (χ4v) is 3.02. The van der Waals surface area contributed by atoms with Crippen LogP contribution in [0.15, 0.2) is 16.7 Å². The van der Waals surface area contributed by atoms with Crippen molar-refractivity contribution >= 4 is 21.7 Å². The monoisotopic (exact) mass is 311 g/mol. The maximum absolute atomic E-state index is 4.65. The molecule has 2 rings (SSSR count). The van der Waals surface area contributed by atoms with Crippen molar-refractivity contribution < 1.29 is 0 Å². The maximum atomic E-state index is 4.65. The molecule has 0 amide bonds. The summed E-state index contributed by atoms with van der Waals surface area (Å²) in [6.45, 7) is 4.32. The van der Waals surface area contributed by atoms with Crippen molar-refractivity contribution in [1.29, 1.82) is 0 Å². The number of hydrogen-bond donors (Lipinski definition) is 1. The second-order valence-electron chi connectivity index (χ2n) is 5.06. The SMILES string of the molecule is CNCc1cc(Br)cnc1N1CCCCCC1C. The Morgan fingerprint density at radius 3 is 3.06 bits per heavy atom. The molecular formula is C14H22BrN3. The van der Waals surface area contributed by atoms with Crippen LogP contribution in [0.1, 0.15) is 38.2 Å². The van der Waals surface area contributed by atoms with Crippen molar-refractivity contribution in [3.8, 4) is 0 Å². The van der Waals surface area contributed by atoms with E-state index in [1.807, 2.05) is 13.2 Å². The largest absolute Gasteiger partial charge is 0.354 e. The van der Waals surface area contributed by atoms with Gasteiger partial charge in [0.15, 0.2) is 0 Å². The van der Waals surface area contributed by atoms with E-state index in [4.69, 9.17) is 0 Å². The molecule has 1 atom stereocenters. The highest BCUT2D eigenvalue weighted by molar-refractivity contribution is 9.10. The van der Waals surface area contributed by atoms with Crippen LogP contribution < -0.4 is 10.2 Å². The lowest BCUT2D eigenvalue weighted by atomic mass is 10.1. The fourth-order valence-electron chi connectivity index (χ4n) is 2.64. The van der Waals surface area contributed by atoms with Crippen molar-refractivity contribution in [1.82, 2.24) is 10.3 Å². The summed E-state index contributed by atoms with van der Waals surface area (Å²) in [5, 5.41) is 3.23. The Balaban J connectivity index is 2.29. The van der Waals surface area contributed by atoms with E-state index in [-0.39, 0.29) is 0 Å². The zero-order valence-corrected chi connectivity index (χ0v) is 12.8. The summed E-state index contributed by atoms with van der Waals surface area (Å²) >= 11 is 3.51. The molecule has 1 aliphatic rings. The van der Waals surface area contributed by atoms with E-state index < -0.39 is 0 Å². The summed E-state index contributed by atoms with van der Waals surface area (Å²) in [4.78, 5) is 7.13. The number of nitrogens with one attached hydrogen (secondary N) is 1. The molecule has 3 nitrogen and oxygen atoms in total. The molecule has 0 saturated carbocycles. The van der Waals surface area contributed by atoms with Gasteiger partial charge in [-0.3, -0.25) is 0 Å². The van der Waals surface area contributed by atoms with E-state index in [0.29, 0.717) is 6.04 Å². The van der Waals surface area contributed by atoms with E-state index in [9.17, 15) is 0 Å². The number of aromatic nitrogens is 1. The van der Waals surface area contributed by atoms with Crippen LogP contribution in [0, 0.1) is 0 Å². The van der Waals surface area contributed by atoms with Crippen molar-refractivity contribution in [3.05, 3.63) is 22.3 Å². The summed E-state index contributed by atoms with van der Waals surface area (Å²) < 4.78 is 1.05. The summed E-state index contributed by atoms with van der Waals surface area (Å²) in [6.07, 6.45) is 7.15. The Morgan fingerprint density at radius 2 is 2.28 bits per heavy atom. The summed E-state index contributed by atoms with van der Waals surface area (Å²) in [5.41, 5.74) is 1.28. The molecule has 18 heavy (non-hydrogen) atoms. The maximum Gasteiger partial charge on any atom is 0.133 e. The van der Waals surface area contributed by atoms with Crippen molar-refractivity contribution in [2.45, 2.75) is 45.2 Å². The molecule has 1 aromatic heterocycles. The normalized spacial score (nSPS) is 20.8. The quantitative estimate of drug-likeness (QED) is 0.928. The Bertz CT molecular complexity index is 395. The molecule has 0 radical (unpaired) electrons. The Kier molecular flexibility index (Phi) is 5.01. The highest BCUT2D eigenvalue weighted by atomic mass is 79.9. The molecule has 0 bridgehead atoms. The zero-order valence-electron chi connectivity index (χ0n) is 11.2. The number of halogens is 1. The van der Waals surface area contributed by atoms with Crippen LogP contribution in [0.5, 0.6) is 0 Å². The predicted molar refractivity (Wildman–Crippen MR) is 80.0 cm³/mol. The lowest BCUT2D eigenvalue weighted by Gasteiger charge is -2.30. The minimum Gasteiger partial charge on any atom is -0.354 e. The second-order valence-corrected chi connectivity index (χ2v) is 5.97. The predicted octanol–water partition coefficient (Wildman–Crippen LogP) is 3.33. The molecule has 2 heterocycles. The van der Waals surface area contributed by atoms with Crippen LogP contribution in [-0.4, -0.2) is 24.6 Å². The molecule has 0 spiro atoms. The second kappa shape index (κ2) is 6.53. The highest BCUT2D eigenvalue weighted by Gasteiger charge is 2.20. The van der Waals surface area contributed by atoms with E-state index in [1.54, 1.807) is 0 Å². The lowest BCUT2D eigenvalue weighted by molar-refractivity contribution is 0.607. The molecule has 1 N–H and O–H groups in total. The van der Waals surface area contributed by atoms with Crippen LogP contribution in [-0.2, 0) is 6.54 Å². The molecule has 1 saturated heterocycles. The van der Waals surface area contributed by atoms with Gasteiger partial charge in [-0.15, -0.1) is 0 Å². The molecule has 1 aliphatic heterocycles. The first-order valence-corrected chi connectivity index (χ1v) is 7.57. The molecule has 100 valence electrons. The van der Waals surface area contributed by atoms with Gasteiger partial charge in [0.1, 0.15) is 5.82 Å². The fraction of sp³-hybridized carbons (Fsp3) is 0.643. The minimum atomic E-state index is 0.594. The third-order valence-corrected chi connectivity index (χ3v) is 4.04. The summed E-state index contributed by atoms with van der Waals surface area (Å²) in [7, 11) is 1.98. The van der Waals surface area contributed by atoms with Gasteiger partial charge >= 0.3 is 0 Å². The molecule has 4 heteroatoms. The Hall–Kier alpha value is -0.610. The average molecular weight is 312 g/mol. The van der Waals surface area contributed by atoms with Gasteiger partial charge in [0, 0.05) is 35.4 Å². The van der Waals surface area contributed by atoms with Crippen LogP contribution in [0.2, 0.25) is 0 Å². The van der Waals surface area contributed by atoms with E-state index in [0.717, 1.165) is 23.4 Å². The first-order chi connectivity index (χ1) is 8.72. The zero-order chi connectivity index (χ0) is 13.0. The highest BCUT2D eigenvalue weighted by Crippen LogP contribution is 2.27. The summed E-state index contributed by atoms with van der Waals surface area (Å²) in [5.74, 6) is 1.15. The number of pyridine rings is 1. The van der Waals surface area contributed by atoms with Gasteiger partial charge in [-0.1, -0.05) is 12.8 Å². The number of hydrogen-bond acceptors (Lipinski definition) is 3. The van der Waals surface area contributed by atoms with Crippen LogP contribution >= 0.6 is 15.9 Å². The van der Waals surface area contributed by atoms with E-state index in [2.05, 4.69) is 44.1 Å². The number of anilines is 1. The van der Waals surface area contributed by atoms with E-state index in [1.165, 1.54) is 31.2 Å². The first kappa shape index (κ1) is 13.8. The smallest absolute Gasteiger partial charge is 0.133 e. The molecule has 0 aromatic carbocycles. The first-order valence-electron chi connectivity index (χ1n) is 6.78. The topological polar surface area (TPSA) is 28.2 Å². The lowest BCUT2D eigenvalue weighted by Crippen LogP contribution is -2.34. The van der Waals surface area contributed by atoms with Gasteiger partial charge in [-0.05, 0) is 48.8 Å².